The van der Waals surface area contributed by atoms with E-state index in [1.165, 1.54) is 25.1 Å². The third kappa shape index (κ3) is 3.89. The van der Waals surface area contributed by atoms with E-state index in [-0.39, 0.29) is 16.5 Å². The van der Waals surface area contributed by atoms with Crippen molar-refractivity contribution >= 4 is 35.1 Å². The molecule has 1 rings (SSSR count). The lowest BCUT2D eigenvalue weighted by Crippen LogP contribution is -2.35. The van der Waals surface area contributed by atoms with Gasteiger partial charge in [0.15, 0.2) is 6.10 Å². The highest BCUT2D eigenvalue weighted by Crippen LogP contribution is 2.21. The Morgan fingerprint density at radius 3 is 2.61 bits per heavy atom. The Hall–Kier alpha value is -1.26. The summed E-state index contributed by atoms with van der Waals surface area (Å²) in [7, 11) is 0. The van der Waals surface area contributed by atoms with Crippen LogP contribution >= 0.6 is 23.2 Å². The molecule has 6 heteroatoms. The number of amides is 1. The lowest BCUT2D eigenvalue weighted by Gasteiger charge is -2.13. The summed E-state index contributed by atoms with van der Waals surface area (Å²) in [5.74, 6) is -1.01. The minimum Gasteiger partial charge on any atom is -0.449 e. The van der Waals surface area contributed by atoms with Crippen LogP contribution in [0.4, 0.5) is 0 Å². The summed E-state index contributed by atoms with van der Waals surface area (Å²) in [6.07, 6.45) is -0.871. The van der Waals surface area contributed by atoms with Crippen molar-refractivity contribution in [1.82, 2.24) is 5.32 Å². The Morgan fingerprint density at radius 2 is 2.06 bits per heavy atom. The van der Waals surface area contributed by atoms with Gasteiger partial charge >= 0.3 is 5.97 Å². The van der Waals surface area contributed by atoms with Crippen LogP contribution in [0.15, 0.2) is 18.2 Å². The Balaban J connectivity index is 2.73. The average molecular weight is 290 g/mol. The van der Waals surface area contributed by atoms with Crippen molar-refractivity contribution in [1.29, 1.82) is 0 Å². The van der Waals surface area contributed by atoms with E-state index < -0.39 is 12.1 Å². The largest absolute Gasteiger partial charge is 0.449 e. The highest BCUT2D eigenvalue weighted by Gasteiger charge is 2.19. The molecule has 0 saturated heterocycles. The number of hydrogen-bond acceptors (Lipinski definition) is 3. The second kappa shape index (κ2) is 6.61. The van der Waals surface area contributed by atoms with Crippen LogP contribution in [0.25, 0.3) is 0 Å². The molecule has 0 bridgehead atoms. The number of nitrogens with one attached hydrogen (secondary N) is 1. The summed E-state index contributed by atoms with van der Waals surface area (Å²) >= 11 is 11.6. The SMILES string of the molecule is CCNC(=O)[C@H](C)OC(=O)c1ccc(Cl)cc1Cl. The molecule has 0 fully saturated rings. The van der Waals surface area contributed by atoms with Crippen molar-refractivity contribution in [3.63, 3.8) is 0 Å². The van der Waals surface area contributed by atoms with E-state index >= 15 is 0 Å². The van der Waals surface area contributed by atoms with E-state index in [0.29, 0.717) is 11.6 Å². The average Bonchev–Trinajstić information content (AvgIpc) is 2.28. The highest BCUT2D eigenvalue weighted by atomic mass is 35.5. The van der Waals surface area contributed by atoms with E-state index in [1.54, 1.807) is 6.92 Å². The number of halogens is 2. The van der Waals surface area contributed by atoms with Gasteiger partial charge in [-0.1, -0.05) is 23.2 Å². The first kappa shape index (κ1) is 14.8. The molecule has 1 aromatic carbocycles. The molecule has 0 spiro atoms. The molecule has 0 unspecified atom stereocenters. The van der Waals surface area contributed by atoms with E-state index in [1.807, 2.05) is 0 Å². The summed E-state index contributed by atoms with van der Waals surface area (Å²) in [5.41, 5.74) is 0.178. The van der Waals surface area contributed by atoms with Gasteiger partial charge < -0.3 is 10.1 Å². The number of benzene rings is 1. The predicted octanol–water partition coefficient (Wildman–Crippen LogP) is 2.67. The fourth-order valence-electron chi connectivity index (χ4n) is 1.25. The molecule has 0 heterocycles. The fraction of sp³-hybridized carbons (Fsp3) is 0.333. The van der Waals surface area contributed by atoms with Gasteiger partial charge in [0.05, 0.1) is 10.6 Å². The number of rotatable bonds is 4. The summed E-state index contributed by atoms with van der Waals surface area (Å²) < 4.78 is 4.99. The number of likely N-dealkylation sites (N-methyl/N-ethyl adjacent to an activating group) is 1. The molecular weight excluding hydrogens is 277 g/mol. The maximum atomic E-state index is 11.8. The number of esters is 1. The first-order valence-corrected chi connectivity index (χ1v) is 6.15. The number of carbonyl (C=O) groups is 2. The molecule has 0 aliphatic carbocycles. The summed E-state index contributed by atoms with van der Waals surface area (Å²) in [6, 6.07) is 4.43. The van der Waals surface area contributed by atoms with Crippen molar-refractivity contribution in [2.45, 2.75) is 20.0 Å². The zero-order valence-electron chi connectivity index (χ0n) is 10.00. The Labute approximate surface area is 115 Å². The predicted molar refractivity (Wildman–Crippen MR) is 70.0 cm³/mol. The summed E-state index contributed by atoms with van der Waals surface area (Å²) in [5, 5.41) is 3.17. The van der Waals surface area contributed by atoms with E-state index in [9.17, 15) is 9.59 Å². The Morgan fingerprint density at radius 1 is 1.39 bits per heavy atom. The zero-order chi connectivity index (χ0) is 13.7. The normalized spacial score (nSPS) is 11.8. The van der Waals surface area contributed by atoms with Crippen LogP contribution in [0.1, 0.15) is 24.2 Å². The van der Waals surface area contributed by atoms with Crippen molar-refractivity contribution in [3.8, 4) is 0 Å². The number of hydrogen-bond donors (Lipinski definition) is 1. The molecular formula is C12H13Cl2NO3. The zero-order valence-corrected chi connectivity index (χ0v) is 11.5. The van der Waals surface area contributed by atoms with Gasteiger partial charge in [0.1, 0.15) is 0 Å². The lowest BCUT2D eigenvalue weighted by atomic mass is 10.2. The van der Waals surface area contributed by atoms with Gasteiger partial charge in [-0.25, -0.2) is 4.79 Å². The van der Waals surface area contributed by atoms with Crippen LogP contribution < -0.4 is 5.32 Å². The second-order valence-electron chi connectivity index (χ2n) is 3.57. The Kier molecular flexibility index (Phi) is 5.44. The van der Waals surface area contributed by atoms with Gasteiger partial charge in [-0.3, -0.25) is 4.79 Å². The smallest absolute Gasteiger partial charge is 0.340 e. The third-order valence-corrected chi connectivity index (χ3v) is 2.70. The molecule has 1 atom stereocenters. The topological polar surface area (TPSA) is 55.4 Å². The van der Waals surface area contributed by atoms with Gasteiger partial charge in [0.25, 0.3) is 5.91 Å². The van der Waals surface area contributed by atoms with Crippen molar-refractivity contribution in [2.24, 2.45) is 0 Å². The van der Waals surface area contributed by atoms with E-state index in [4.69, 9.17) is 27.9 Å². The summed E-state index contributed by atoms with van der Waals surface area (Å²) in [4.78, 5) is 23.2. The van der Waals surface area contributed by atoms with Crippen LogP contribution in [-0.2, 0) is 9.53 Å². The first-order chi connectivity index (χ1) is 8.45. The van der Waals surface area contributed by atoms with Crippen LogP contribution in [0.2, 0.25) is 10.0 Å². The maximum absolute atomic E-state index is 11.8. The molecule has 0 saturated carbocycles. The minimum atomic E-state index is -0.871. The van der Waals surface area contributed by atoms with E-state index in [0.717, 1.165) is 0 Å². The minimum absolute atomic E-state index is 0.178. The Bertz CT molecular complexity index is 463. The standard InChI is InChI=1S/C12H13Cl2NO3/c1-3-15-11(16)7(2)18-12(17)9-5-4-8(13)6-10(9)14/h4-7H,3H2,1-2H3,(H,15,16)/t7-/m0/s1. The maximum Gasteiger partial charge on any atom is 0.340 e. The molecule has 1 aromatic rings. The highest BCUT2D eigenvalue weighted by molar-refractivity contribution is 6.36. The van der Waals surface area contributed by atoms with Crippen molar-refractivity contribution in [3.05, 3.63) is 33.8 Å². The van der Waals surface area contributed by atoms with Gasteiger partial charge in [0.2, 0.25) is 0 Å². The molecule has 0 aliphatic heterocycles. The van der Waals surface area contributed by atoms with E-state index in [2.05, 4.69) is 5.32 Å². The van der Waals surface area contributed by atoms with Crippen molar-refractivity contribution < 1.29 is 14.3 Å². The monoisotopic (exact) mass is 289 g/mol. The van der Waals surface area contributed by atoms with Gasteiger partial charge in [-0.2, -0.15) is 0 Å². The van der Waals surface area contributed by atoms with Gasteiger partial charge in [0, 0.05) is 11.6 Å². The molecule has 98 valence electrons. The van der Waals surface area contributed by atoms with Crippen LogP contribution in [0.5, 0.6) is 0 Å². The quantitative estimate of drug-likeness (QED) is 0.867. The molecule has 0 aromatic heterocycles. The third-order valence-electron chi connectivity index (χ3n) is 2.16. The molecule has 0 radical (unpaired) electrons. The van der Waals surface area contributed by atoms with Crippen molar-refractivity contribution in [2.75, 3.05) is 6.54 Å². The van der Waals surface area contributed by atoms with Crippen LogP contribution in [0, 0.1) is 0 Å². The second-order valence-corrected chi connectivity index (χ2v) is 4.41. The number of ether oxygens (including phenoxy) is 1. The molecule has 4 nitrogen and oxygen atoms in total. The van der Waals surface area contributed by atoms with Gasteiger partial charge in [-0.15, -0.1) is 0 Å². The summed E-state index contributed by atoms with van der Waals surface area (Å²) in [6.45, 7) is 3.75. The van der Waals surface area contributed by atoms with Gasteiger partial charge in [-0.05, 0) is 32.0 Å². The first-order valence-electron chi connectivity index (χ1n) is 5.39. The number of carbonyl (C=O) groups excluding carboxylic acids is 2. The molecule has 18 heavy (non-hydrogen) atoms. The fourth-order valence-corrected chi connectivity index (χ4v) is 1.74. The molecule has 1 N–H and O–H groups in total. The van der Waals surface area contributed by atoms with Crippen LogP contribution in [0.3, 0.4) is 0 Å². The van der Waals surface area contributed by atoms with Crippen LogP contribution in [-0.4, -0.2) is 24.5 Å². The molecule has 1 amide bonds. The lowest BCUT2D eigenvalue weighted by molar-refractivity contribution is -0.128. The molecule has 0 aliphatic rings.